The van der Waals surface area contributed by atoms with E-state index < -0.39 is 0 Å². The van der Waals surface area contributed by atoms with Crippen LogP contribution in [0.4, 0.5) is 11.4 Å². The lowest BCUT2D eigenvalue weighted by atomic mass is 9.88. The first-order valence-corrected chi connectivity index (χ1v) is 10.5. The number of aryl methyl sites for hydroxylation is 1. The molecular formula is C24H25N3OS. The van der Waals surface area contributed by atoms with Gasteiger partial charge >= 0.3 is 0 Å². The van der Waals surface area contributed by atoms with E-state index in [0.717, 1.165) is 16.8 Å². The van der Waals surface area contributed by atoms with Crippen LogP contribution in [0, 0.1) is 6.92 Å². The van der Waals surface area contributed by atoms with E-state index in [-0.39, 0.29) is 11.4 Å². The number of nitrogens with one attached hydrogen (secondary N) is 1. The topological polar surface area (TPSA) is 44.7 Å². The summed E-state index contributed by atoms with van der Waals surface area (Å²) in [4.78, 5) is 19.9. The van der Waals surface area contributed by atoms with Gasteiger partial charge in [-0.2, -0.15) is 0 Å². The molecule has 0 radical (unpaired) electrons. The van der Waals surface area contributed by atoms with E-state index in [1.54, 1.807) is 0 Å². The summed E-state index contributed by atoms with van der Waals surface area (Å²) >= 11 is 1.38. The molecule has 29 heavy (non-hydrogen) atoms. The minimum Gasteiger partial charge on any atom is -0.366 e. The lowest BCUT2D eigenvalue weighted by molar-refractivity contribution is -0.115. The normalized spacial score (nSPS) is 20.7. The van der Waals surface area contributed by atoms with Gasteiger partial charge in [0.05, 0.1) is 16.1 Å². The number of aliphatic imine (C=N–C) groups is 1. The SMILES string of the molecule is CC1=CC(C)(C)N(C)c2ccc(/C=C3\SC(=Nc4cccc(C)c4)NC3=O)cc21. The summed E-state index contributed by atoms with van der Waals surface area (Å²) in [5.74, 6) is -0.107. The van der Waals surface area contributed by atoms with Crippen LogP contribution in [0.1, 0.15) is 37.5 Å². The lowest BCUT2D eigenvalue weighted by Gasteiger charge is -2.40. The van der Waals surface area contributed by atoms with Crippen molar-refractivity contribution in [1.29, 1.82) is 0 Å². The van der Waals surface area contributed by atoms with Gasteiger partial charge < -0.3 is 10.2 Å². The molecule has 2 aromatic rings. The average Bonchev–Trinajstić information content (AvgIpc) is 2.98. The maximum atomic E-state index is 12.4. The van der Waals surface area contributed by atoms with Gasteiger partial charge in [-0.25, -0.2) is 4.99 Å². The van der Waals surface area contributed by atoms with Gasteiger partial charge in [-0.15, -0.1) is 0 Å². The smallest absolute Gasteiger partial charge is 0.264 e. The fourth-order valence-electron chi connectivity index (χ4n) is 3.71. The Bertz CT molecular complexity index is 1100. The summed E-state index contributed by atoms with van der Waals surface area (Å²) in [5.41, 5.74) is 6.66. The largest absolute Gasteiger partial charge is 0.366 e. The minimum absolute atomic E-state index is 0.0145. The van der Waals surface area contributed by atoms with Crippen LogP contribution in [0.2, 0.25) is 0 Å². The predicted octanol–water partition coefficient (Wildman–Crippen LogP) is 5.52. The number of carbonyl (C=O) groups excluding carboxylic acids is 1. The summed E-state index contributed by atoms with van der Waals surface area (Å²) in [7, 11) is 2.12. The maximum absolute atomic E-state index is 12.4. The third-order valence-corrected chi connectivity index (χ3v) is 6.33. The van der Waals surface area contributed by atoms with E-state index in [1.807, 2.05) is 37.3 Å². The molecule has 0 aromatic heterocycles. The Morgan fingerprint density at radius 3 is 2.69 bits per heavy atom. The highest BCUT2D eigenvalue weighted by Gasteiger charge is 2.29. The number of amidine groups is 1. The molecule has 1 saturated heterocycles. The van der Waals surface area contributed by atoms with Crippen molar-refractivity contribution in [3.05, 3.63) is 70.1 Å². The Morgan fingerprint density at radius 2 is 1.93 bits per heavy atom. The number of fused-ring (bicyclic) bond motifs is 1. The molecule has 0 spiro atoms. The second kappa shape index (κ2) is 7.23. The number of nitrogens with zero attached hydrogens (tertiary/aromatic N) is 2. The molecule has 1 amide bonds. The number of likely N-dealkylation sites (N-methyl/N-ethyl adjacent to an activating group) is 1. The Balaban J connectivity index is 1.62. The highest BCUT2D eigenvalue weighted by molar-refractivity contribution is 8.18. The second-order valence-electron chi connectivity index (χ2n) is 8.14. The molecule has 0 aliphatic carbocycles. The van der Waals surface area contributed by atoms with Gasteiger partial charge in [-0.3, -0.25) is 4.79 Å². The first kappa shape index (κ1) is 19.5. The molecule has 2 heterocycles. The monoisotopic (exact) mass is 403 g/mol. The maximum Gasteiger partial charge on any atom is 0.264 e. The predicted molar refractivity (Wildman–Crippen MR) is 125 cm³/mol. The van der Waals surface area contributed by atoms with E-state index in [4.69, 9.17) is 0 Å². The molecule has 1 N–H and O–H groups in total. The third kappa shape index (κ3) is 3.87. The number of anilines is 1. The summed E-state index contributed by atoms with van der Waals surface area (Å²) < 4.78 is 0. The molecule has 2 aliphatic rings. The minimum atomic E-state index is -0.107. The van der Waals surface area contributed by atoms with Gasteiger partial charge in [0.1, 0.15) is 0 Å². The highest BCUT2D eigenvalue weighted by Crippen LogP contribution is 2.39. The Morgan fingerprint density at radius 1 is 1.14 bits per heavy atom. The Labute approximate surface area is 176 Å². The standard InChI is InChI=1S/C24H25N3OS/c1-15-7-6-8-18(11-15)25-23-26-22(28)21(29-23)13-17-9-10-20-19(12-17)16(2)14-24(3,4)27(20)5/h6-14H,1-5H3,(H,25,26,28)/b21-13-. The van der Waals surface area contributed by atoms with Crippen molar-refractivity contribution in [1.82, 2.24) is 5.32 Å². The number of benzene rings is 2. The van der Waals surface area contributed by atoms with E-state index >= 15 is 0 Å². The summed E-state index contributed by atoms with van der Waals surface area (Å²) in [6.07, 6.45) is 4.22. The number of thioether (sulfide) groups is 1. The second-order valence-corrected chi connectivity index (χ2v) is 9.17. The number of amides is 1. The highest BCUT2D eigenvalue weighted by atomic mass is 32.2. The molecule has 4 rings (SSSR count). The van der Waals surface area contributed by atoms with Crippen LogP contribution >= 0.6 is 11.8 Å². The van der Waals surface area contributed by atoms with Gasteiger partial charge in [0.15, 0.2) is 5.17 Å². The van der Waals surface area contributed by atoms with Gasteiger partial charge in [0.25, 0.3) is 5.91 Å². The quantitative estimate of drug-likeness (QED) is 0.672. The van der Waals surface area contributed by atoms with E-state index in [2.05, 4.69) is 67.3 Å². The van der Waals surface area contributed by atoms with Crippen LogP contribution in [0.5, 0.6) is 0 Å². The van der Waals surface area contributed by atoms with Crippen molar-refractivity contribution < 1.29 is 4.79 Å². The summed E-state index contributed by atoms with van der Waals surface area (Å²) in [5, 5.41) is 3.48. The zero-order valence-electron chi connectivity index (χ0n) is 17.4. The zero-order chi connectivity index (χ0) is 20.8. The molecular weight excluding hydrogens is 378 g/mol. The molecule has 2 aliphatic heterocycles. The number of rotatable bonds is 2. The van der Waals surface area contributed by atoms with Crippen LogP contribution in [0.15, 0.2) is 58.4 Å². The number of allylic oxidation sites excluding steroid dienone is 1. The zero-order valence-corrected chi connectivity index (χ0v) is 18.2. The molecule has 0 saturated carbocycles. The van der Waals surface area contributed by atoms with Crippen molar-refractivity contribution in [2.75, 3.05) is 11.9 Å². The first-order valence-electron chi connectivity index (χ1n) is 9.67. The number of carbonyl (C=O) groups is 1. The van der Waals surface area contributed by atoms with Gasteiger partial charge in [0, 0.05) is 18.3 Å². The van der Waals surface area contributed by atoms with Crippen LogP contribution < -0.4 is 10.2 Å². The molecule has 1 fully saturated rings. The van der Waals surface area contributed by atoms with Crippen molar-refractivity contribution in [3.63, 3.8) is 0 Å². The fourth-order valence-corrected chi connectivity index (χ4v) is 4.56. The molecule has 0 unspecified atom stereocenters. The molecule has 5 heteroatoms. The van der Waals surface area contributed by atoms with Crippen molar-refractivity contribution >= 4 is 45.9 Å². The van der Waals surface area contributed by atoms with Crippen LogP contribution in [-0.4, -0.2) is 23.7 Å². The summed E-state index contributed by atoms with van der Waals surface area (Å²) in [6, 6.07) is 14.3. The molecule has 148 valence electrons. The summed E-state index contributed by atoms with van der Waals surface area (Å²) in [6.45, 7) is 8.60. The number of hydrogen-bond donors (Lipinski definition) is 1. The fraction of sp³-hybridized carbons (Fsp3) is 0.250. The molecule has 4 nitrogen and oxygen atoms in total. The molecule has 0 bridgehead atoms. The molecule has 0 atom stereocenters. The Kier molecular flexibility index (Phi) is 4.87. The number of hydrogen-bond acceptors (Lipinski definition) is 4. The van der Waals surface area contributed by atoms with Crippen molar-refractivity contribution in [2.45, 2.75) is 33.2 Å². The van der Waals surface area contributed by atoms with Crippen molar-refractivity contribution in [2.24, 2.45) is 4.99 Å². The first-order chi connectivity index (χ1) is 13.7. The third-order valence-electron chi connectivity index (χ3n) is 5.42. The Hall–Kier alpha value is -2.79. The lowest BCUT2D eigenvalue weighted by Crippen LogP contribution is -2.42. The average molecular weight is 404 g/mol. The van der Waals surface area contributed by atoms with Gasteiger partial charge in [-0.1, -0.05) is 24.3 Å². The van der Waals surface area contributed by atoms with E-state index in [0.29, 0.717) is 10.1 Å². The van der Waals surface area contributed by atoms with Crippen LogP contribution in [0.3, 0.4) is 0 Å². The van der Waals surface area contributed by atoms with Crippen molar-refractivity contribution in [3.8, 4) is 0 Å². The van der Waals surface area contributed by atoms with Crippen LogP contribution in [-0.2, 0) is 4.79 Å². The van der Waals surface area contributed by atoms with E-state index in [1.165, 1.54) is 28.6 Å². The van der Waals surface area contributed by atoms with Gasteiger partial charge in [0.2, 0.25) is 0 Å². The van der Waals surface area contributed by atoms with E-state index in [9.17, 15) is 4.79 Å². The van der Waals surface area contributed by atoms with Crippen LogP contribution in [0.25, 0.3) is 11.6 Å². The van der Waals surface area contributed by atoms with Gasteiger partial charge in [-0.05, 0) is 86.5 Å². The molecule has 2 aromatic carbocycles.